The molecule has 0 aliphatic rings. The molecule has 0 aliphatic carbocycles. The number of aliphatic carboxylic acids is 1. The van der Waals surface area contributed by atoms with E-state index >= 15 is 0 Å². The Bertz CT molecular complexity index is 506. The minimum absolute atomic E-state index is 0.0785. The predicted octanol–water partition coefficient (Wildman–Crippen LogP) is 0.760. The topological polar surface area (TPSA) is 130 Å². The van der Waals surface area contributed by atoms with Crippen LogP contribution in [0.1, 0.15) is 17.8 Å². The van der Waals surface area contributed by atoms with Crippen molar-refractivity contribution in [3.05, 3.63) is 29.8 Å². The van der Waals surface area contributed by atoms with E-state index in [2.05, 4.69) is 0 Å². The summed E-state index contributed by atoms with van der Waals surface area (Å²) in [5.74, 6) is -2.46. The number of aliphatic hydroxyl groups is 1. The van der Waals surface area contributed by atoms with Crippen molar-refractivity contribution in [3.8, 4) is 5.75 Å². The fraction of sp³-hybridized carbons (Fsp3) is 0.417. The summed E-state index contributed by atoms with van der Waals surface area (Å²) in [6, 6.07) is 5.84. The molecule has 0 amide bonds. The molecule has 0 heterocycles. The first-order valence-corrected chi connectivity index (χ1v) is 7.92. The first-order chi connectivity index (χ1) is 9.36. The first-order valence-electron chi connectivity index (χ1n) is 6.01. The molecule has 1 rings (SSSR count). The van der Waals surface area contributed by atoms with Gasteiger partial charge in [-0.25, -0.2) is 4.79 Å². The van der Waals surface area contributed by atoms with Gasteiger partial charge in [-0.05, 0) is 30.7 Å². The number of ether oxygens (including phenoxy) is 1. The van der Waals surface area contributed by atoms with E-state index in [1.807, 2.05) is 0 Å². The lowest BCUT2D eigenvalue weighted by Gasteiger charge is -2.18. The van der Waals surface area contributed by atoms with Crippen LogP contribution in [0.25, 0.3) is 0 Å². The summed E-state index contributed by atoms with van der Waals surface area (Å²) in [4.78, 5) is 20.2. The molecule has 0 aliphatic heterocycles. The van der Waals surface area contributed by atoms with Crippen molar-refractivity contribution in [1.29, 1.82) is 0 Å². The summed E-state index contributed by atoms with van der Waals surface area (Å²) < 4.78 is 16.9. The molecule has 0 radical (unpaired) electrons. The average Bonchev–Trinajstić information content (AvgIpc) is 2.42. The second-order valence-corrected chi connectivity index (χ2v) is 6.70. The SMILES string of the molecule is NCCCP(=O)(O)C(O)c1cccc(OCC(=O)O)c1. The van der Waals surface area contributed by atoms with Gasteiger partial charge in [-0.2, -0.15) is 0 Å². The van der Waals surface area contributed by atoms with E-state index in [0.717, 1.165) is 0 Å². The summed E-state index contributed by atoms with van der Waals surface area (Å²) in [7, 11) is -3.78. The molecule has 8 heteroatoms. The van der Waals surface area contributed by atoms with E-state index in [4.69, 9.17) is 15.6 Å². The molecule has 7 nitrogen and oxygen atoms in total. The Labute approximate surface area is 116 Å². The van der Waals surface area contributed by atoms with Crippen LogP contribution in [-0.2, 0) is 9.36 Å². The van der Waals surface area contributed by atoms with Gasteiger partial charge in [-0.15, -0.1) is 0 Å². The van der Waals surface area contributed by atoms with Crippen LogP contribution in [0.5, 0.6) is 5.75 Å². The largest absolute Gasteiger partial charge is 0.482 e. The molecule has 0 fully saturated rings. The zero-order valence-electron chi connectivity index (χ0n) is 10.8. The van der Waals surface area contributed by atoms with Crippen LogP contribution in [0.15, 0.2) is 24.3 Å². The third-order valence-corrected chi connectivity index (χ3v) is 4.60. The van der Waals surface area contributed by atoms with Gasteiger partial charge in [0.2, 0.25) is 7.37 Å². The summed E-state index contributed by atoms with van der Waals surface area (Å²) in [5.41, 5.74) is 5.48. The molecule has 0 saturated carbocycles. The molecule has 112 valence electrons. The summed E-state index contributed by atoms with van der Waals surface area (Å²) in [6.07, 6.45) is 0.255. The molecule has 0 saturated heterocycles. The van der Waals surface area contributed by atoms with Crippen LogP contribution in [-0.4, -0.2) is 40.4 Å². The van der Waals surface area contributed by atoms with Crippen LogP contribution in [0.2, 0.25) is 0 Å². The zero-order valence-corrected chi connectivity index (χ0v) is 11.7. The summed E-state index contributed by atoms with van der Waals surface area (Å²) in [5, 5.41) is 18.5. The number of carboxylic acids is 1. The highest BCUT2D eigenvalue weighted by Gasteiger charge is 2.29. The van der Waals surface area contributed by atoms with Crippen LogP contribution in [0, 0.1) is 0 Å². The van der Waals surface area contributed by atoms with Crippen molar-refractivity contribution in [1.82, 2.24) is 0 Å². The van der Waals surface area contributed by atoms with Crippen molar-refractivity contribution in [2.45, 2.75) is 12.3 Å². The monoisotopic (exact) mass is 303 g/mol. The molecule has 0 spiro atoms. The van der Waals surface area contributed by atoms with Crippen molar-refractivity contribution in [2.75, 3.05) is 19.3 Å². The molecule has 0 bridgehead atoms. The number of rotatable bonds is 8. The maximum atomic E-state index is 12.0. The molecule has 2 atom stereocenters. The normalized spacial score (nSPS) is 15.3. The van der Waals surface area contributed by atoms with Crippen molar-refractivity contribution < 1.29 is 29.2 Å². The van der Waals surface area contributed by atoms with E-state index in [-0.39, 0.29) is 24.0 Å². The van der Waals surface area contributed by atoms with Crippen LogP contribution < -0.4 is 10.5 Å². The Morgan fingerprint density at radius 3 is 2.75 bits per heavy atom. The maximum Gasteiger partial charge on any atom is 0.341 e. The Kier molecular flexibility index (Phi) is 6.16. The molecule has 1 aromatic rings. The Morgan fingerprint density at radius 1 is 1.45 bits per heavy atom. The lowest BCUT2D eigenvalue weighted by Crippen LogP contribution is -2.10. The number of aliphatic hydroxyl groups excluding tert-OH is 1. The van der Waals surface area contributed by atoms with Crippen LogP contribution in [0.3, 0.4) is 0 Å². The number of nitrogens with two attached hydrogens (primary N) is 1. The first kappa shape index (κ1) is 16.7. The van der Waals surface area contributed by atoms with E-state index in [9.17, 15) is 19.4 Å². The number of benzene rings is 1. The van der Waals surface area contributed by atoms with Gasteiger partial charge in [0.15, 0.2) is 12.5 Å². The predicted molar refractivity (Wildman–Crippen MR) is 72.9 cm³/mol. The quantitative estimate of drug-likeness (QED) is 0.521. The highest BCUT2D eigenvalue weighted by Crippen LogP contribution is 2.54. The van der Waals surface area contributed by atoms with Crippen LogP contribution >= 0.6 is 7.37 Å². The van der Waals surface area contributed by atoms with Gasteiger partial charge in [0.25, 0.3) is 0 Å². The fourth-order valence-corrected chi connectivity index (χ4v) is 3.09. The molecule has 20 heavy (non-hydrogen) atoms. The van der Waals surface area contributed by atoms with E-state index in [1.165, 1.54) is 24.3 Å². The third-order valence-electron chi connectivity index (χ3n) is 2.58. The number of carboxylic acid groups (broad SMARTS) is 1. The summed E-state index contributed by atoms with van der Waals surface area (Å²) >= 11 is 0. The third kappa shape index (κ3) is 4.94. The Balaban J connectivity index is 2.82. The molecule has 5 N–H and O–H groups in total. The van der Waals surface area contributed by atoms with E-state index in [0.29, 0.717) is 6.42 Å². The van der Waals surface area contributed by atoms with E-state index < -0.39 is 25.8 Å². The maximum absolute atomic E-state index is 12.0. The highest BCUT2D eigenvalue weighted by atomic mass is 31.2. The van der Waals surface area contributed by atoms with Gasteiger partial charge in [0.1, 0.15) is 5.75 Å². The van der Waals surface area contributed by atoms with Gasteiger partial charge < -0.3 is 25.6 Å². The smallest absolute Gasteiger partial charge is 0.341 e. The van der Waals surface area contributed by atoms with Gasteiger partial charge in [-0.3, -0.25) is 4.57 Å². The minimum atomic E-state index is -3.78. The second kappa shape index (κ2) is 7.40. The molecular formula is C12H18NO6P. The van der Waals surface area contributed by atoms with Gasteiger partial charge in [0.05, 0.1) is 0 Å². The second-order valence-electron chi connectivity index (χ2n) is 4.25. The van der Waals surface area contributed by atoms with Gasteiger partial charge in [-0.1, -0.05) is 12.1 Å². The standard InChI is InChI=1S/C12H18NO6P/c13-5-2-6-20(17,18)12(16)9-3-1-4-10(7-9)19-8-11(14)15/h1,3-4,7,12,16H,2,5-6,8,13H2,(H,14,15)(H,17,18). The lowest BCUT2D eigenvalue weighted by atomic mass is 10.2. The molecule has 2 unspecified atom stereocenters. The Morgan fingerprint density at radius 2 is 2.15 bits per heavy atom. The highest BCUT2D eigenvalue weighted by molar-refractivity contribution is 7.58. The number of carbonyl (C=O) groups is 1. The summed E-state index contributed by atoms with van der Waals surface area (Å²) in [6.45, 7) is -0.261. The molecule has 1 aromatic carbocycles. The molecule has 0 aromatic heterocycles. The fourth-order valence-electron chi connectivity index (χ4n) is 1.58. The van der Waals surface area contributed by atoms with Gasteiger partial charge in [0, 0.05) is 6.16 Å². The Hall–Kier alpha value is -1.40. The lowest BCUT2D eigenvalue weighted by molar-refractivity contribution is -0.139. The van der Waals surface area contributed by atoms with E-state index in [1.54, 1.807) is 0 Å². The number of hydrogen-bond donors (Lipinski definition) is 4. The average molecular weight is 303 g/mol. The van der Waals surface area contributed by atoms with Gasteiger partial charge >= 0.3 is 5.97 Å². The molecular weight excluding hydrogens is 285 g/mol. The minimum Gasteiger partial charge on any atom is -0.482 e. The van der Waals surface area contributed by atoms with Crippen LogP contribution in [0.4, 0.5) is 0 Å². The van der Waals surface area contributed by atoms with Crippen molar-refractivity contribution in [2.24, 2.45) is 5.73 Å². The van der Waals surface area contributed by atoms with Crippen molar-refractivity contribution in [3.63, 3.8) is 0 Å². The number of hydrogen-bond acceptors (Lipinski definition) is 5. The van der Waals surface area contributed by atoms with Crippen molar-refractivity contribution >= 4 is 13.3 Å². The zero-order chi connectivity index (χ0) is 15.2.